The molecular formula is C19H27N5O. The van der Waals surface area contributed by atoms with Crippen molar-refractivity contribution in [2.75, 3.05) is 23.3 Å². The molecule has 0 unspecified atom stereocenters. The van der Waals surface area contributed by atoms with Gasteiger partial charge < -0.3 is 4.90 Å². The van der Waals surface area contributed by atoms with E-state index in [1.54, 1.807) is 0 Å². The fraction of sp³-hybridized carbons (Fsp3) is 0.632. The molecule has 2 aliphatic rings. The third-order valence-electron chi connectivity index (χ3n) is 6.15. The van der Waals surface area contributed by atoms with Crippen molar-refractivity contribution in [3.63, 3.8) is 0 Å². The first-order valence-electron chi connectivity index (χ1n) is 9.38. The lowest BCUT2D eigenvalue weighted by atomic mass is 9.72. The molecule has 2 aromatic rings. The van der Waals surface area contributed by atoms with Crippen LogP contribution in [0.1, 0.15) is 46.5 Å². The Kier molecular flexibility index (Phi) is 3.93. The predicted octanol–water partition coefficient (Wildman–Crippen LogP) is 3.34. The highest BCUT2D eigenvalue weighted by Crippen LogP contribution is 2.39. The van der Waals surface area contributed by atoms with Crippen LogP contribution in [-0.4, -0.2) is 33.6 Å². The number of hydrogen-bond donors (Lipinski definition) is 1. The van der Waals surface area contributed by atoms with Crippen molar-refractivity contribution in [1.29, 1.82) is 0 Å². The zero-order valence-corrected chi connectivity index (χ0v) is 15.3. The standard InChI is InChI=1S/C19H27N5O/c1-13(2)19(3)9-11-23(12-10-19)16-6-4-5-15-20-18(22-24(15)16)21-17(25)14-7-8-14/h4-6,13-14H,7-12H2,1-3H3,(H,21,22,25). The summed E-state index contributed by atoms with van der Waals surface area (Å²) in [5.74, 6) is 2.36. The summed E-state index contributed by atoms with van der Waals surface area (Å²) in [4.78, 5) is 18.8. The lowest BCUT2D eigenvalue weighted by Crippen LogP contribution is -2.41. The average molecular weight is 341 g/mol. The molecule has 1 saturated heterocycles. The quantitative estimate of drug-likeness (QED) is 0.926. The second kappa shape index (κ2) is 6.00. The molecule has 6 heteroatoms. The molecule has 1 saturated carbocycles. The van der Waals surface area contributed by atoms with Crippen LogP contribution in [0.2, 0.25) is 0 Å². The first-order chi connectivity index (χ1) is 12.0. The maximum absolute atomic E-state index is 12.0. The SMILES string of the molecule is CC(C)C1(C)CCN(c2cccc3nc(NC(=O)C4CC4)nn23)CC1. The summed E-state index contributed by atoms with van der Waals surface area (Å²) in [7, 11) is 0. The van der Waals surface area contributed by atoms with Crippen molar-refractivity contribution in [3.05, 3.63) is 18.2 Å². The second-order valence-electron chi connectivity index (χ2n) is 8.15. The van der Waals surface area contributed by atoms with E-state index in [2.05, 4.69) is 47.1 Å². The van der Waals surface area contributed by atoms with Crippen molar-refractivity contribution in [3.8, 4) is 0 Å². The molecule has 6 nitrogen and oxygen atoms in total. The van der Waals surface area contributed by atoms with Gasteiger partial charge in [0.05, 0.1) is 0 Å². The molecule has 1 aliphatic heterocycles. The molecule has 0 radical (unpaired) electrons. The van der Waals surface area contributed by atoms with Crippen LogP contribution in [0.4, 0.5) is 11.8 Å². The van der Waals surface area contributed by atoms with Crippen LogP contribution in [-0.2, 0) is 4.79 Å². The first kappa shape index (κ1) is 16.4. The van der Waals surface area contributed by atoms with Crippen LogP contribution in [0.25, 0.3) is 5.65 Å². The summed E-state index contributed by atoms with van der Waals surface area (Å²) in [6.07, 6.45) is 4.32. The summed E-state index contributed by atoms with van der Waals surface area (Å²) in [5.41, 5.74) is 1.19. The molecular weight excluding hydrogens is 314 g/mol. The number of fused-ring (bicyclic) bond motifs is 1. The minimum absolute atomic E-state index is 0.0446. The summed E-state index contributed by atoms with van der Waals surface area (Å²) in [5, 5.41) is 7.39. The minimum atomic E-state index is 0.0446. The molecule has 0 atom stereocenters. The van der Waals surface area contributed by atoms with E-state index in [0.717, 1.165) is 37.4 Å². The number of piperidine rings is 1. The van der Waals surface area contributed by atoms with Gasteiger partial charge in [0.15, 0.2) is 5.65 Å². The molecule has 0 aromatic carbocycles. The van der Waals surface area contributed by atoms with Crippen LogP contribution in [0.15, 0.2) is 18.2 Å². The van der Waals surface area contributed by atoms with Gasteiger partial charge in [-0.3, -0.25) is 10.1 Å². The Bertz CT molecular complexity index is 784. The summed E-state index contributed by atoms with van der Waals surface area (Å²) in [6, 6.07) is 6.04. The van der Waals surface area contributed by atoms with Crippen molar-refractivity contribution < 1.29 is 4.79 Å². The van der Waals surface area contributed by atoms with Gasteiger partial charge in [0, 0.05) is 19.0 Å². The van der Waals surface area contributed by atoms with Crippen LogP contribution in [0.3, 0.4) is 0 Å². The van der Waals surface area contributed by atoms with Gasteiger partial charge in [-0.25, -0.2) is 0 Å². The monoisotopic (exact) mass is 341 g/mol. The smallest absolute Gasteiger partial charge is 0.249 e. The van der Waals surface area contributed by atoms with Crippen molar-refractivity contribution in [2.24, 2.45) is 17.3 Å². The Morgan fingerprint density at radius 1 is 1.28 bits per heavy atom. The van der Waals surface area contributed by atoms with Gasteiger partial charge in [-0.1, -0.05) is 26.8 Å². The Hall–Kier alpha value is -2.11. The fourth-order valence-corrected chi connectivity index (χ4v) is 3.57. The maximum Gasteiger partial charge on any atom is 0.249 e. The zero-order chi connectivity index (χ0) is 17.6. The third-order valence-corrected chi connectivity index (χ3v) is 6.15. The Morgan fingerprint density at radius 2 is 2.00 bits per heavy atom. The molecule has 4 rings (SSSR count). The molecule has 0 bridgehead atoms. The largest absolute Gasteiger partial charge is 0.356 e. The molecule has 2 aromatic heterocycles. The molecule has 1 aliphatic carbocycles. The van der Waals surface area contributed by atoms with Gasteiger partial charge in [0.1, 0.15) is 5.82 Å². The highest BCUT2D eigenvalue weighted by molar-refractivity contribution is 5.92. The minimum Gasteiger partial charge on any atom is -0.356 e. The summed E-state index contributed by atoms with van der Waals surface area (Å²) >= 11 is 0. The van der Waals surface area contributed by atoms with E-state index < -0.39 is 0 Å². The average Bonchev–Trinajstić information content (AvgIpc) is 3.36. The maximum atomic E-state index is 12.0. The van der Waals surface area contributed by atoms with E-state index >= 15 is 0 Å². The van der Waals surface area contributed by atoms with Gasteiger partial charge in [-0.2, -0.15) is 9.50 Å². The topological polar surface area (TPSA) is 62.5 Å². The summed E-state index contributed by atoms with van der Waals surface area (Å²) < 4.78 is 1.86. The van der Waals surface area contributed by atoms with Gasteiger partial charge in [-0.05, 0) is 49.1 Å². The Labute approximate surface area is 148 Å². The second-order valence-corrected chi connectivity index (χ2v) is 8.15. The van der Waals surface area contributed by atoms with Gasteiger partial charge >= 0.3 is 0 Å². The lowest BCUT2D eigenvalue weighted by molar-refractivity contribution is -0.117. The van der Waals surface area contributed by atoms with Crippen LogP contribution >= 0.6 is 0 Å². The van der Waals surface area contributed by atoms with E-state index in [9.17, 15) is 4.79 Å². The molecule has 25 heavy (non-hydrogen) atoms. The highest BCUT2D eigenvalue weighted by Gasteiger charge is 2.34. The number of nitrogens with one attached hydrogen (secondary N) is 1. The van der Waals surface area contributed by atoms with Gasteiger partial charge in [0.25, 0.3) is 0 Å². The number of rotatable bonds is 4. The van der Waals surface area contributed by atoms with E-state index in [4.69, 9.17) is 0 Å². The van der Waals surface area contributed by atoms with Crippen molar-refractivity contribution in [2.45, 2.75) is 46.5 Å². The number of aromatic nitrogens is 3. The lowest BCUT2D eigenvalue weighted by Gasteiger charge is -2.42. The van der Waals surface area contributed by atoms with Gasteiger partial charge in [0.2, 0.25) is 11.9 Å². The van der Waals surface area contributed by atoms with Crippen LogP contribution in [0.5, 0.6) is 0 Å². The molecule has 134 valence electrons. The first-order valence-corrected chi connectivity index (χ1v) is 9.38. The number of anilines is 2. The third kappa shape index (κ3) is 3.10. The fourth-order valence-electron chi connectivity index (χ4n) is 3.57. The normalized spacial score (nSPS) is 20.2. The molecule has 1 N–H and O–H groups in total. The molecule has 1 amide bonds. The zero-order valence-electron chi connectivity index (χ0n) is 15.3. The van der Waals surface area contributed by atoms with E-state index in [0.29, 0.717) is 17.3 Å². The Balaban J connectivity index is 1.55. The highest BCUT2D eigenvalue weighted by atomic mass is 16.2. The van der Waals surface area contributed by atoms with E-state index in [1.807, 2.05) is 16.6 Å². The van der Waals surface area contributed by atoms with Crippen molar-refractivity contribution in [1.82, 2.24) is 14.6 Å². The Morgan fingerprint density at radius 3 is 2.64 bits per heavy atom. The summed E-state index contributed by atoms with van der Waals surface area (Å²) in [6.45, 7) is 9.09. The number of pyridine rings is 1. The van der Waals surface area contributed by atoms with Gasteiger partial charge in [-0.15, -0.1) is 5.10 Å². The number of nitrogens with zero attached hydrogens (tertiary/aromatic N) is 4. The van der Waals surface area contributed by atoms with Crippen LogP contribution < -0.4 is 10.2 Å². The number of carbonyl (C=O) groups excluding carboxylic acids is 1. The predicted molar refractivity (Wildman–Crippen MR) is 98.7 cm³/mol. The van der Waals surface area contributed by atoms with E-state index in [1.165, 1.54) is 12.8 Å². The molecule has 2 fully saturated rings. The number of carbonyl (C=O) groups is 1. The molecule has 3 heterocycles. The number of amides is 1. The number of hydrogen-bond acceptors (Lipinski definition) is 4. The van der Waals surface area contributed by atoms with Crippen molar-refractivity contribution >= 4 is 23.3 Å². The van der Waals surface area contributed by atoms with Crippen LogP contribution in [0, 0.1) is 17.3 Å². The van der Waals surface area contributed by atoms with E-state index in [-0.39, 0.29) is 11.8 Å². The molecule has 0 spiro atoms.